The molecule has 1 aromatic carbocycles. The highest BCUT2D eigenvalue weighted by atomic mass is 16.5. The second-order valence-corrected chi connectivity index (χ2v) is 37.0. The number of nitrogens with one attached hydrogen (secondary N) is 3. The van der Waals surface area contributed by atoms with Gasteiger partial charge in [-0.2, -0.15) is 0 Å². The van der Waals surface area contributed by atoms with Crippen LogP contribution >= 0.6 is 0 Å². The zero-order valence-corrected chi connectivity index (χ0v) is 78.5. The standard InChI is InChI=1S/C20H35N3O2.C14H27N3O2.C13H24N2O2.C12H26N2O.C11H22.2C10H22N2O.CH4/c1-17(2)14-22(5)16-20(24)23(6)15-18-8-10-19(11-9-18)25-13-7-12-21(3)4;1-11(2)8-16(4)10-14(19)17-7-5-6-13(9-17)15-12(3)18;1-10(2)6-14(3)9-13(16)15-7-11-4-5-12(8-15)17-11;1-7-14(8-10(2)3)9-11(15)13-12(4,5)6;1-10(2)8-9-11-6-4-3-5-7-11;1-6-12(5)10(13)8-11(4)7-9(2)3;1-5-11-10(13)8-12(6-2)7-9(3)4;/h8-11,17H,7,12-16H2,1-6H3;11,13H,5-10H2,1-4H3,(H,15,18);10-12H,4-9H2,1-3H3;10H,7-9H2,1-6H3,(H,13,15);10-11H,3-9H2,1-2H3;9H,6-8H2,1-5H3;9H,5-8H2,1-4H3,(H,11,13);1H4. The molecule has 3 aliphatic heterocycles. The van der Waals surface area contributed by atoms with Gasteiger partial charge in [-0.15, -0.1) is 0 Å². The first-order valence-corrected chi connectivity index (χ1v) is 43.9. The van der Waals surface area contributed by atoms with E-state index >= 15 is 0 Å². The lowest BCUT2D eigenvalue weighted by Gasteiger charge is -2.34. The van der Waals surface area contributed by atoms with Gasteiger partial charge in [0.2, 0.25) is 41.4 Å². The molecule has 670 valence electrons. The van der Waals surface area contributed by atoms with Crippen molar-refractivity contribution in [1.82, 2.24) is 69.8 Å². The molecule has 5 rings (SSSR count). The normalized spacial score (nSPS) is 16.2. The molecule has 2 bridgehead atoms. The average Bonchev–Trinajstić information content (AvgIpc) is 1.69. The summed E-state index contributed by atoms with van der Waals surface area (Å²) in [6.45, 7) is 63.9. The summed E-state index contributed by atoms with van der Waals surface area (Å²) in [5, 5.41) is 8.69. The van der Waals surface area contributed by atoms with E-state index in [2.05, 4.69) is 175 Å². The summed E-state index contributed by atoms with van der Waals surface area (Å²) in [7, 11) is 15.8. The van der Waals surface area contributed by atoms with Crippen molar-refractivity contribution in [2.45, 2.75) is 267 Å². The fourth-order valence-electron chi connectivity index (χ4n) is 14.1. The average molecular weight is 1620 g/mol. The molecule has 0 spiro atoms. The maximum atomic E-state index is 12.3. The summed E-state index contributed by atoms with van der Waals surface area (Å²) in [6.07, 6.45) is 16.3. The van der Waals surface area contributed by atoms with Crippen LogP contribution in [0, 0.1) is 47.3 Å². The number of fused-ring (bicyclic) bond motifs is 2. The molecule has 1 aromatic rings. The minimum absolute atomic E-state index is 0. The minimum Gasteiger partial charge on any atom is -0.494 e. The molecule has 3 N–H and O–H groups in total. The number of likely N-dealkylation sites (tertiary alicyclic amines) is 2. The topological polar surface area (TPSA) is 210 Å². The molecule has 23 heteroatoms. The number of piperidine rings is 1. The van der Waals surface area contributed by atoms with Gasteiger partial charge in [0.25, 0.3) is 0 Å². The van der Waals surface area contributed by atoms with E-state index in [1.165, 1.54) is 51.9 Å². The smallest absolute Gasteiger partial charge is 0.236 e. The molecule has 4 fully saturated rings. The second kappa shape index (κ2) is 64.9. The van der Waals surface area contributed by atoms with Crippen LogP contribution in [0.2, 0.25) is 0 Å². The molecule has 1 aliphatic carbocycles. The molecule has 0 aromatic heterocycles. The fraction of sp³-hybridized carbons (Fsp3) is 0.857. The lowest BCUT2D eigenvalue weighted by molar-refractivity contribution is -0.141. The maximum absolute atomic E-state index is 12.3. The highest BCUT2D eigenvalue weighted by molar-refractivity contribution is 5.80. The monoisotopic (exact) mass is 1620 g/mol. The van der Waals surface area contributed by atoms with Gasteiger partial charge < -0.3 is 49.9 Å². The van der Waals surface area contributed by atoms with Crippen LogP contribution in [0.25, 0.3) is 0 Å². The molecule has 0 radical (unpaired) electrons. The molecule has 23 nitrogen and oxygen atoms in total. The Hall–Kier alpha value is -5.01. The van der Waals surface area contributed by atoms with Gasteiger partial charge in [-0.05, 0) is 187 Å². The van der Waals surface area contributed by atoms with Crippen LogP contribution in [0.4, 0.5) is 0 Å². The third kappa shape index (κ3) is 63.1. The first-order valence-electron chi connectivity index (χ1n) is 43.9. The molecule has 3 saturated heterocycles. The van der Waals surface area contributed by atoms with E-state index in [1.807, 2.05) is 111 Å². The van der Waals surface area contributed by atoms with Crippen LogP contribution in [0.15, 0.2) is 24.3 Å². The number of ether oxygens (including phenoxy) is 2. The van der Waals surface area contributed by atoms with Crippen molar-refractivity contribution in [2.75, 3.05) is 200 Å². The lowest BCUT2D eigenvalue weighted by Crippen LogP contribution is -2.51. The second-order valence-electron chi connectivity index (χ2n) is 37.0. The third-order valence-electron chi connectivity index (χ3n) is 19.2. The molecule has 3 unspecified atom stereocenters. The van der Waals surface area contributed by atoms with Crippen LogP contribution in [0.5, 0.6) is 5.75 Å². The number of carbonyl (C=O) groups is 7. The van der Waals surface area contributed by atoms with Crippen LogP contribution in [0.3, 0.4) is 0 Å². The molecule has 1 saturated carbocycles. The quantitative estimate of drug-likeness (QED) is 0.0524. The number of carbonyl (C=O) groups excluding carboxylic acids is 7. The van der Waals surface area contributed by atoms with Gasteiger partial charge in [0.1, 0.15) is 5.75 Å². The Bertz CT molecular complexity index is 2620. The van der Waals surface area contributed by atoms with E-state index in [0.717, 1.165) is 153 Å². The van der Waals surface area contributed by atoms with Crippen LogP contribution in [0.1, 0.15) is 242 Å². The van der Waals surface area contributed by atoms with E-state index in [4.69, 9.17) is 9.47 Å². The largest absolute Gasteiger partial charge is 0.494 e. The van der Waals surface area contributed by atoms with Crippen LogP contribution < -0.4 is 20.7 Å². The highest BCUT2D eigenvalue weighted by Crippen LogP contribution is 2.29. The fourth-order valence-corrected chi connectivity index (χ4v) is 14.1. The predicted octanol–water partition coefficient (Wildman–Crippen LogP) is 12.9. The molecule has 114 heavy (non-hydrogen) atoms. The van der Waals surface area contributed by atoms with Crippen molar-refractivity contribution >= 4 is 41.4 Å². The van der Waals surface area contributed by atoms with E-state index in [1.54, 1.807) is 9.80 Å². The van der Waals surface area contributed by atoms with E-state index < -0.39 is 0 Å². The number of benzene rings is 1. The Kier molecular flexibility index (Phi) is 64.4. The Labute approximate surface area is 701 Å². The first-order chi connectivity index (χ1) is 52.8. The van der Waals surface area contributed by atoms with Gasteiger partial charge in [0, 0.05) is 124 Å². The molecule has 3 atom stereocenters. The Balaban J connectivity index is -0.00000128. The van der Waals surface area contributed by atoms with Crippen molar-refractivity contribution < 1.29 is 43.0 Å². The summed E-state index contributed by atoms with van der Waals surface area (Å²) < 4.78 is 11.5. The van der Waals surface area contributed by atoms with Crippen LogP contribution in [-0.2, 0) is 44.8 Å². The first kappa shape index (κ1) is 113. The van der Waals surface area contributed by atoms with E-state index in [-0.39, 0.29) is 60.4 Å². The maximum Gasteiger partial charge on any atom is 0.236 e. The molecule has 3 heterocycles. The van der Waals surface area contributed by atoms with Gasteiger partial charge in [-0.3, -0.25) is 63.0 Å². The summed E-state index contributed by atoms with van der Waals surface area (Å²) in [5.74, 6) is 7.45. The minimum atomic E-state index is -0.131. The number of morpholine rings is 1. The zero-order chi connectivity index (χ0) is 86.5. The van der Waals surface area contributed by atoms with Gasteiger partial charge >= 0.3 is 0 Å². The molecule has 7 amide bonds. The highest BCUT2D eigenvalue weighted by Gasteiger charge is 2.36. The van der Waals surface area contributed by atoms with Crippen molar-refractivity contribution in [3.8, 4) is 5.75 Å². The zero-order valence-electron chi connectivity index (χ0n) is 78.5. The summed E-state index contributed by atoms with van der Waals surface area (Å²) in [5.41, 5.74) is 0.983. The van der Waals surface area contributed by atoms with Gasteiger partial charge in [-0.25, -0.2) is 0 Å². The summed E-state index contributed by atoms with van der Waals surface area (Å²) >= 11 is 0. The third-order valence-corrected chi connectivity index (χ3v) is 19.2. The Morgan fingerprint density at radius 2 is 0.947 bits per heavy atom. The van der Waals surface area contributed by atoms with Gasteiger partial charge in [0.05, 0.1) is 58.1 Å². The van der Waals surface area contributed by atoms with Crippen LogP contribution in [-0.4, -0.2) is 319 Å². The van der Waals surface area contributed by atoms with Crippen molar-refractivity contribution in [3.05, 3.63) is 29.8 Å². The number of hydrogen-bond acceptors (Lipinski definition) is 16. The van der Waals surface area contributed by atoms with Gasteiger partial charge in [0.15, 0.2) is 0 Å². The number of nitrogens with zero attached hydrogens (tertiary/aromatic N) is 11. The SMILES string of the molecule is C.CC(=O)NC1CCCN(C(=O)CN(C)CC(C)C)C1.CC(C)CCC1CCCCC1.CC(C)CN(C)CC(=O)N(C)Cc1ccc(OCCCN(C)C)cc1.CC(C)CN(C)CC(=O)N1CC2CCC(C1)O2.CCN(C)C(=O)CN(C)CC(C)C.CCN(CC(=O)NC(C)(C)C)CC(C)C.CCNC(=O)CN(CC)CC(C)C. The van der Waals surface area contributed by atoms with Gasteiger partial charge in [-0.1, -0.05) is 175 Å². The number of hydrogen-bond donors (Lipinski definition) is 3. The predicted molar refractivity (Wildman–Crippen MR) is 480 cm³/mol. The van der Waals surface area contributed by atoms with Crippen molar-refractivity contribution in [2.24, 2.45) is 47.3 Å². The van der Waals surface area contributed by atoms with E-state index in [0.29, 0.717) is 100 Å². The molecular weight excluding hydrogens is 1430 g/mol. The Morgan fingerprint density at radius 1 is 0.509 bits per heavy atom. The van der Waals surface area contributed by atoms with Crippen molar-refractivity contribution in [3.63, 3.8) is 0 Å². The number of rotatable bonds is 39. The molecular formula is C91H182N14O9. The number of likely N-dealkylation sites (N-methyl/N-ethyl adjacent to an activating group) is 9. The van der Waals surface area contributed by atoms with Crippen molar-refractivity contribution in [1.29, 1.82) is 0 Å². The molecule has 4 aliphatic rings. The number of amides is 7. The summed E-state index contributed by atoms with van der Waals surface area (Å²) in [4.78, 5) is 104. The van der Waals surface area contributed by atoms with E-state index in [9.17, 15) is 33.6 Å². The lowest BCUT2D eigenvalue weighted by atomic mass is 9.85. The Morgan fingerprint density at radius 3 is 1.35 bits per heavy atom. The summed E-state index contributed by atoms with van der Waals surface area (Å²) in [6, 6.07) is 8.14.